The summed E-state index contributed by atoms with van der Waals surface area (Å²) >= 11 is 9.73. The molecule has 0 unspecified atom stereocenters. The van der Waals surface area contributed by atoms with Gasteiger partial charge in [0.25, 0.3) is 0 Å². The van der Waals surface area contributed by atoms with Crippen LogP contribution in [0.2, 0.25) is 5.02 Å². The Morgan fingerprint density at radius 3 is 2.59 bits per heavy atom. The van der Waals surface area contributed by atoms with Gasteiger partial charge in [0.2, 0.25) is 0 Å². The predicted molar refractivity (Wildman–Crippen MR) is 75.8 cm³/mol. The molecule has 3 heteroatoms. The van der Waals surface area contributed by atoms with Crippen LogP contribution in [-0.4, -0.2) is 11.9 Å². The van der Waals surface area contributed by atoms with Crippen LogP contribution in [0, 0.1) is 5.41 Å². The maximum Gasteiger partial charge on any atom is 0.0731 e. The van der Waals surface area contributed by atoms with E-state index in [9.17, 15) is 0 Å². The predicted octanol–water partition coefficient (Wildman–Crippen LogP) is 4.81. The molecule has 1 aromatic rings. The molecule has 94 valence electrons. The lowest BCUT2D eigenvalue weighted by Crippen LogP contribution is -2.25. The lowest BCUT2D eigenvalue weighted by atomic mass is 9.90. The van der Waals surface area contributed by atoms with E-state index in [1.165, 1.54) is 25.7 Å². The number of benzene rings is 1. The molecule has 0 N–H and O–H groups in total. The highest BCUT2D eigenvalue weighted by Crippen LogP contribution is 2.40. The molecule has 0 saturated heterocycles. The molecule has 0 heterocycles. The van der Waals surface area contributed by atoms with E-state index >= 15 is 0 Å². The highest BCUT2D eigenvalue weighted by atomic mass is 79.9. The second-order valence-corrected chi connectivity index (χ2v) is 5.89. The Hall–Kier alpha value is -0.0500. The highest BCUT2D eigenvalue weighted by molar-refractivity contribution is 9.09. The summed E-state index contributed by atoms with van der Waals surface area (Å²) < 4.78 is 5.86. The van der Waals surface area contributed by atoms with Gasteiger partial charge in [-0.15, -0.1) is 0 Å². The van der Waals surface area contributed by atoms with Crippen molar-refractivity contribution in [1.29, 1.82) is 0 Å². The maximum atomic E-state index is 6.10. The van der Waals surface area contributed by atoms with Gasteiger partial charge in [0.1, 0.15) is 0 Å². The van der Waals surface area contributed by atoms with E-state index in [1.807, 2.05) is 24.3 Å². The van der Waals surface area contributed by atoms with E-state index in [2.05, 4.69) is 15.9 Å². The average molecular weight is 318 g/mol. The summed E-state index contributed by atoms with van der Waals surface area (Å²) in [6, 6.07) is 7.89. The first kappa shape index (κ1) is 13.4. The summed E-state index contributed by atoms with van der Waals surface area (Å²) in [4.78, 5) is 0. The Kier molecular flexibility index (Phi) is 4.89. The molecule has 0 spiro atoms. The normalized spacial score (nSPS) is 18.5. The summed E-state index contributed by atoms with van der Waals surface area (Å²) in [5, 5.41) is 1.84. The Morgan fingerprint density at radius 2 is 1.94 bits per heavy atom. The molecule has 0 aromatic heterocycles. The second kappa shape index (κ2) is 6.21. The van der Waals surface area contributed by atoms with Gasteiger partial charge >= 0.3 is 0 Å². The molecule has 0 bridgehead atoms. The standard InChI is InChI=1S/C14H18BrClO/c15-10-14(7-3-4-8-14)11-17-9-12-5-1-2-6-13(12)16/h1-2,5-6H,3-4,7-11H2. The number of hydrogen-bond acceptors (Lipinski definition) is 1. The fraction of sp³-hybridized carbons (Fsp3) is 0.571. The average Bonchev–Trinajstić information content (AvgIpc) is 2.81. The van der Waals surface area contributed by atoms with E-state index in [0.717, 1.165) is 22.5 Å². The number of alkyl halides is 1. The monoisotopic (exact) mass is 316 g/mol. The van der Waals surface area contributed by atoms with Crippen molar-refractivity contribution in [2.75, 3.05) is 11.9 Å². The summed E-state index contributed by atoms with van der Waals surface area (Å²) in [5.74, 6) is 0. The molecular weight excluding hydrogens is 300 g/mol. The molecule has 1 aromatic carbocycles. The minimum Gasteiger partial charge on any atom is -0.376 e. The summed E-state index contributed by atoms with van der Waals surface area (Å²) in [6.07, 6.45) is 5.23. The van der Waals surface area contributed by atoms with E-state index in [1.54, 1.807) is 0 Å². The van der Waals surface area contributed by atoms with Gasteiger partial charge in [-0.05, 0) is 24.5 Å². The van der Waals surface area contributed by atoms with Crippen LogP contribution in [0.4, 0.5) is 0 Å². The smallest absolute Gasteiger partial charge is 0.0731 e. The number of hydrogen-bond donors (Lipinski definition) is 0. The Bertz CT molecular complexity index is 361. The number of halogens is 2. The summed E-state index contributed by atoms with van der Waals surface area (Å²) in [6.45, 7) is 1.46. The zero-order chi connectivity index (χ0) is 12.1. The van der Waals surface area contributed by atoms with Gasteiger partial charge < -0.3 is 4.74 Å². The molecule has 2 rings (SSSR count). The summed E-state index contributed by atoms with van der Waals surface area (Å²) in [7, 11) is 0. The molecule has 0 aliphatic heterocycles. The molecule has 17 heavy (non-hydrogen) atoms. The Balaban J connectivity index is 1.85. The van der Waals surface area contributed by atoms with Crippen LogP contribution in [-0.2, 0) is 11.3 Å². The summed E-state index contributed by atoms with van der Waals surface area (Å²) in [5.41, 5.74) is 1.44. The topological polar surface area (TPSA) is 9.23 Å². The van der Waals surface area contributed by atoms with Crippen molar-refractivity contribution >= 4 is 27.5 Å². The van der Waals surface area contributed by atoms with Gasteiger partial charge in [-0.3, -0.25) is 0 Å². The molecule has 1 fully saturated rings. The molecular formula is C14H18BrClO. The van der Waals surface area contributed by atoms with Crippen molar-refractivity contribution in [3.05, 3.63) is 34.9 Å². The van der Waals surface area contributed by atoms with E-state index < -0.39 is 0 Å². The third-order valence-electron chi connectivity index (χ3n) is 3.57. The van der Waals surface area contributed by atoms with Gasteiger partial charge in [-0.25, -0.2) is 0 Å². The molecule has 1 aliphatic rings. The largest absolute Gasteiger partial charge is 0.376 e. The quantitative estimate of drug-likeness (QED) is 0.708. The fourth-order valence-electron chi connectivity index (χ4n) is 2.43. The van der Waals surface area contributed by atoms with Crippen molar-refractivity contribution in [3.8, 4) is 0 Å². The SMILES string of the molecule is Clc1ccccc1COCC1(CBr)CCCC1. The van der Waals surface area contributed by atoms with Crippen LogP contribution in [0.25, 0.3) is 0 Å². The Morgan fingerprint density at radius 1 is 1.24 bits per heavy atom. The zero-order valence-corrected chi connectivity index (χ0v) is 12.3. The van der Waals surface area contributed by atoms with Crippen LogP contribution in [0.3, 0.4) is 0 Å². The molecule has 1 saturated carbocycles. The zero-order valence-electron chi connectivity index (χ0n) is 9.92. The van der Waals surface area contributed by atoms with Crippen molar-refractivity contribution < 1.29 is 4.74 Å². The molecule has 0 amide bonds. The lowest BCUT2D eigenvalue weighted by Gasteiger charge is -2.26. The second-order valence-electron chi connectivity index (χ2n) is 4.92. The van der Waals surface area contributed by atoms with Crippen LogP contribution in [0.15, 0.2) is 24.3 Å². The van der Waals surface area contributed by atoms with Crippen LogP contribution < -0.4 is 0 Å². The first-order chi connectivity index (χ1) is 8.26. The van der Waals surface area contributed by atoms with Gasteiger partial charge in [-0.1, -0.05) is 58.6 Å². The van der Waals surface area contributed by atoms with Crippen molar-refractivity contribution in [1.82, 2.24) is 0 Å². The number of ether oxygens (including phenoxy) is 1. The number of rotatable bonds is 5. The molecule has 1 aliphatic carbocycles. The first-order valence-electron chi connectivity index (χ1n) is 6.13. The van der Waals surface area contributed by atoms with E-state index in [4.69, 9.17) is 16.3 Å². The minimum absolute atomic E-state index is 0.362. The Labute approximate surface area is 117 Å². The van der Waals surface area contributed by atoms with Gasteiger partial charge in [0.05, 0.1) is 13.2 Å². The van der Waals surface area contributed by atoms with Crippen molar-refractivity contribution in [2.45, 2.75) is 32.3 Å². The van der Waals surface area contributed by atoms with Crippen molar-refractivity contribution in [3.63, 3.8) is 0 Å². The van der Waals surface area contributed by atoms with Crippen LogP contribution >= 0.6 is 27.5 Å². The molecule has 1 nitrogen and oxygen atoms in total. The van der Waals surface area contributed by atoms with E-state index in [-0.39, 0.29) is 0 Å². The van der Waals surface area contributed by atoms with Crippen LogP contribution in [0.1, 0.15) is 31.2 Å². The van der Waals surface area contributed by atoms with Gasteiger partial charge in [0.15, 0.2) is 0 Å². The van der Waals surface area contributed by atoms with Gasteiger partial charge in [-0.2, -0.15) is 0 Å². The maximum absolute atomic E-state index is 6.10. The third kappa shape index (κ3) is 3.46. The first-order valence-corrected chi connectivity index (χ1v) is 7.63. The van der Waals surface area contributed by atoms with Crippen molar-refractivity contribution in [2.24, 2.45) is 5.41 Å². The lowest BCUT2D eigenvalue weighted by molar-refractivity contribution is 0.0487. The van der Waals surface area contributed by atoms with E-state index in [0.29, 0.717) is 12.0 Å². The minimum atomic E-state index is 0.362. The highest BCUT2D eigenvalue weighted by Gasteiger charge is 2.32. The fourth-order valence-corrected chi connectivity index (χ4v) is 3.35. The molecule has 0 radical (unpaired) electrons. The molecule has 0 atom stereocenters. The third-order valence-corrected chi connectivity index (χ3v) is 5.13. The van der Waals surface area contributed by atoms with Gasteiger partial charge in [0, 0.05) is 15.8 Å². The van der Waals surface area contributed by atoms with Crippen LogP contribution in [0.5, 0.6) is 0 Å².